The van der Waals surface area contributed by atoms with Gasteiger partial charge >= 0.3 is 0 Å². The Kier molecular flexibility index (Phi) is 7.35. The Hall–Kier alpha value is -7.74. The molecule has 61 heavy (non-hydrogen) atoms. The molecule has 284 valence electrons. The van der Waals surface area contributed by atoms with Gasteiger partial charge in [-0.3, -0.25) is 0 Å². The average molecular weight is 774 g/mol. The normalized spacial score (nSPS) is 14.5. The van der Waals surface area contributed by atoms with Crippen molar-refractivity contribution in [1.82, 2.24) is 4.57 Å². The fourth-order valence-corrected chi connectivity index (χ4v) is 11.1. The predicted molar refractivity (Wildman–Crippen MR) is 254 cm³/mol. The zero-order chi connectivity index (χ0) is 40.1. The topological polar surface area (TPSA) is 4.93 Å². The second-order valence-corrected chi connectivity index (χ2v) is 16.8. The number of fused-ring (bicyclic) bond motifs is 10. The molecule has 10 aromatic carbocycles. The van der Waals surface area contributed by atoms with Crippen molar-refractivity contribution in [3.05, 3.63) is 269 Å². The number of benzene rings is 10. The van der Waals surface area contributed by atoms with Crippen molar-refractivity contribution in [3.8, 4) is 39.1 Å². The molecule has 0 radical (unpaired) electrons. The minimum absolute atomic E-state index is 0.0934. The molecular weight excluding hydrogens is 735 g/mol. The highest BCUT2D eigenvalue weighted by molar-refractivity contribution is 6.10. The quantitative estimate of drug-likeness (QED) is 0.164. The van der Waals surface area contributed by atoms with Crippen LogP contribution in [0.3, 0.4) is 0 Å². The van der Waals surface area contributed by atoms with E-state index in [0.29, 0.717) is 0 Å². The fraction of sp³-hybridized carbons (Fsp3) is 0.0333. The number of nitrogens with zero attached hydrogens (tertiary/aromatic N) is 1. The molecule has 0 bridgehead atoms. The molecular formula is C60H39N. The van der Waals surface area contributed by atoms with Crippen LogP contribution in [0.5, 0.6) is 0 Å². The first-order chi connectivity index (χ1) is 30.3. The third-order valence-corrected chi connectivity index (χ3v) is 13.7. The number of aromatic nitrogens is 1. The van der Waals surface area contributed by atoms with E-state index in [0.717, 1.165) is 0 Å². The lowest BCUT2D eigenvalue weighted by Crippen LogP contribution is -2.28. The highest BCUT2D eigenvalue weighted by atomic mass is 15.0. The molecule has 0 saturated heterocycles. The van der Waals surface area contributed by atoms with Gasteiger partial charge < -0.3 is 4.57 Å². The van der Waals surface area contributed by atoms with Crippen molar-refractivity contribution in [1.29, 1.82) is 0 Å². The van der Waals surface area contributed by atoms with Crippen molar-refractivity contribution < 1.29 is 0 Å². The Labute approximate surface area is 355 Å². The van der Waals surface area contributed by atoms with Gasteiger partial charge in [0.2, 0.25) is 0 Å². The zero-order valence-corrected chi connectivity index (χ0v) is 33.5. The molecule has 0 spiro atoms. The largest absolute Gasteiger partial charge is 0.309 e. The van der Waals surface area contributed by atoms with E-state index in [1.807, 2.05) is 0 Å². The summed E-state index contributed by atoms with van der Waals surface area (Å²) < 4.78 is 2.39. The average Bonchev–Trinajstić information content (AvgIpc) is 3.94. The van der Waals surface area contributed by atoms with Crippen LogP contribution in [0.15, 0.2) is 231 Å². The lowest BCUT2D eigenvalue weighted by molar-refractivity contribution is 0.768. The molecule has 0 fully saturated rings. The third kappa shape index (κ3) is 4.89. The van der Waals surface area contributed by atoms with Crippen LogP contribution in [0.4, 0.5) is 0 Å². The summed E-state index contributed by atoms with van der Waals surface area (Å²) in [5.74, 6) is 0.0934. The second kappa shape index (κ2) is 13.1. The molecule has 0 amide bonds. The first kappa shape index (κ1) is 34.2. The van der Waals surface area contributed by atoms with Gasteiger partial charge in [-0.2, -0.15) is 0 Å². The molecule has 13 rings (SSSR count). The van der Waals surface area contributed by atoms with Crippen LogP contribution in [-0.4, -0.2) is 4.57 Å². The summed E-state index contributed by atoms with van der Waals surface area (Å²) in [6, 6.07) is 86.2. The van der Waals surface area contributed by atoms with E-state index in [-0.39, 0.29) is 5.92 Å². The summed E-state index contributed by atoms with van der Waals surface area (Å²) in [6.45, 7) is 0. The fourth-order valence-electron chi connectivity index (χ4n) is 11.1. The minimum Gasteiger partial charge on any atom is -0.309 e. The van der Waals surface area contributed by atoms with E-state index in [1.54, 1.807) is 0 Å². The van der Waals surface area contributed by atoms with Crippen molar-refractivity contribution in [3.63, 3.8) is 0 Å². The first-order valence-corrected chi connectivity index (χ1v) is 21.4. The van der Waals surface area contributed by atoms with Gasteiger partial charge in [0.25, 0.3) is 0 Å². The van der Waals surface area contributed by atoms with Gasteiger partial charge in [-0.15, -0.1) is 0 Å². The molecule has 1 unspecified atom stereocenters. The van der Waals surface area contributed by atoms with Crippen molar-refractivity contribution in [2.45, 2.75) is 11.3 Å². The summed E-state index contributed by atoms with van der Waals surface area (Å²) >= 11 is 0. The van der Waals surface area contributed by atoms with Gasteiger partial charge in [-0.25, -0.2) is 0 Å². The van der Waals surface area contributed by atoms with Crippen LogP contribution in [0, 0.1) is 0 Å². The maximum atomic E-state index is 2.57. The van der Waals surface area contributed by atoms with Crippen LogP contribution in [-0.2, 0) is 5.41 Å². The second-order valence-electron chi connectivity index (χ2n) is 16.8. The van der Waals surface area contributed by atoms with E-state index in [2.05, 4.69) is 235 Å². The molecule has 1 nitrogen and oxygen atoms in total. The van der Waals surface area contributed by atoms with Gasteiger partial charge in [0.15, 0.2) is 0 Å². The SMILES string of the molecule is c1ccc(-n2c3ccccc3c3cc(-c4ccc5c(c4)-c4cc6c(cc4C5c4ccc5ccccc5c4)-c4ccccc4C6(c4ccccc4)c4ccccc4)ccc32)cc1. The number of rotatable bonds is 5. The van der Waals surface area contributed by atoms with Gasteiger partial charge in [-0.05, 0) is 132 Å². The molecule has 1 atom stereocenters. The van der Waals surface area contributed by atoms with E-state index in [1.165, 1.54) is 111 Å². The summed E-state index contributed by atoms with van der Waals surface area (Å²) in [4.78, 5) is 0. The highest BCUT2D eigenvalue weighted by Crippen LogP contribution is 2.60. The summed E-state index contributed by atoms with van der Waals surface area (Å²) in [6.07, 6.45) is 0. The summed E-state index contributed by atoms with van der Waals surface area (Å²) in [5, 5.41) is 5.06. The van der Waals surface area contributed by atoms with E-state index >= 15 is 0 Å². The molecule has 11 aromatic rings. The lowest BCUT2D eigenvalue weighted by atomic mass is 9.67. The summed E-state index contributed by atoms with van der Waals surface area (Å²) in [5.41, 5.74) is 20.1. The van der Waals surface area contributed by atoms with Gasteiger partial charge in [0.05, 0.1) is 16.4 Å². The molecule has 1 heteroatoms. The zero-order valence-electron chi connectivity index (χ0n) is 33.5. The monoisotopic (exact) mass is 773 g/mol. The van der Waals surface area contributed by atoms with Gasteiger partial charge in [0, 0.05) is 22.4 Å². The molecule has 0 aliphatic heterocycles. The Bertz CT molecular complexity index is 3480. The van der Waals surface area contributed by atoms with E-state index < -0.39 is 5.41 Å². The highest BCUT2D eigenvalue weighted by Gasteiger charge is 2.47. The van der Waals surface area contributed by atoms with Crippen LogP contribution in [0.2, 0.25) is 0 Å². The van der Waals surface area contributed by atoms with Crippen LogP contribution in [0.1, 0.15) is 44.9 Å². The summed E-state index contributed by atoms with van der Waals surface area (Å²) in [7, 11) is 0. The Morgan fingerprint density at radius 3 is 1.77 bits per heavy atom. The molecule has 0 saturated carbocycles. The van der Waals surface area contributed by atoms with Crippen molar-refractivity contribution >= 4 is 32.6 Å². The molecule has 0 N–H and O–H groups in total. The third-order valence-electron chi connectivity index (χ3n) is 13.7. The number of para-hydroxylation sites is 2. The van der Waals surface area contributed by atoms with E-state index in [9.17, 15) is 0 Å². The van der Waals surface area contributed by atoms with Crippen LogP contribution < -0.4 is 0 Å². The lowest BCUT2D eigenvalue weighted by Gasteiger charge is -2.34. The van der Waals surface area contributed by atoms with Crippen molar-refractivity contribution in [2.75, 3.05) is 0 Å². The number of hydrogen-bond acceptors (Lipinski definition) is 0. The Balaban J connectivity index is 1.07. The van der Waals surface area contributed by atoms with Gasteiger partial charge in [0.1, 0.15) is 0 Å². The van der Waals surface area contributed by atoms with Crippen LogP contribution in [0.25, 0.3) is 71.6 Å². The maximum absolute atomic E-state index is 2.57. The molecule has 1 heterocycles. The van der Waals surface area contributed by atoms with Crippen LogP contribution >= 0.6 is 0 Å². The van der Waals surface area contributed by atoms with Gasteiger partial charge in [-0.1, -0.05) is 182 Å². The Morgan fingerprint density at radius 2 is 0.967 bits per heavy atom. The van der Waals surface area contributed by atoms with Crippen molar-refractivity contribution in [2.24, 2.45) is 0 Å². The smallest absolute Gasteiger partial charge is 0.0713 e. The Morgan fingerprint density at radius 1 is 0.344 bits per heavy atom. The predicted octanol–water partition coefficient (Wildman–Crippen LogP) is 15.1. The standard InChI is InChI=1S/C60H39N/c1-4-18-44(19-5-1)60(45-20-6-2-7-21-45)55-26-14-12-24-47(55)52-37-54-51(38-56(52)60)50-35-41(30-32-49(50)59(54)43-29-28-39-16-10-11-17-40(39)34-43)42-31-33-58-53(36-42)48-25-13-15-27-57(48)61(58)46-22-8-3-9-23-46/h1-38,59H. The number of hydrogen-bond donors (Lipinski definition) is 0. The maximum Gasteiger partial charge on any atom is 0.0713 e. The van der Waals surface area contributed by atoms with E-state index in [4.69, 9.17) is 0 Å². The molecule has 2 aliphatic rings. The minimum atomic E-state index is -0.472. The first-order valence-electron chi connectivity index (χ1n) is 21.4. The molecule has 2 aliphatic carbocycles. The molecule has 1 aromatic heterocycles.